The third kappa shape index (κ3) is 5.09. The van der Waals surface area contributed by atoms with Crippen molar-refractivity contribution in [2.45, 2.75) is 11.0 Å². The zero-order valence-electron chi connectivity index (χ0n) is 11.7. The first kappa shape index (κ1) is 16.9. The van der Waals surface area contributed by atoms with E-state index in [-0.39, 0.29) is 22.9 Å². The summed E-state index contributed by atoms with van der Waals surface area (Å²) >= 11 is 0. The van der Waals surface area contributed by atoms with E-state index >= 15 is 0 Å². The first-order valence-corrected chi connectivity index (χ1v) is 7.90. The van der Waals surface area contributed by atoms with Gasteiger partial charge in [-0.15, -0.1) is 0 Å². The fourth-order valence-electron chi connectivity index (χ4n) is 1.72. The summed E-state index contributed by atoms with van der Waals surface area (Å²) in [5.74, 6) is -0.0695. The highest BCUT2D eigenvalue weighted by molar-refractivity contribution is 7.91. The Morgan fingerprint density at radius 2 is 2.00 bits per heavy atom. The molecule has 1 aromatic carbocycles. The van der Waals surface area contributed by atoms with E-state index in [2.05, 4.69) is 5.32 Å². The van der Waals surface area contributed by atoms with Gasteiger partial charge >= 0.3 is 0 Å². The lowest BCUT2D eigenvalue weighted by atomic mass is 10.3. The summed E-state index contributed by atoms with van der Waals surface area (Å²) in [6.07, 6.45) is -0.984. The second-order valence-electron chi connectivity index (χ2n) is 4.28. The molecule has 0 saturated heterocycles. The van der Waals surface area contributed by atoms with Crippen LogP contribution in [0.1, 0.15) is 0 Å². The van der Waals surface area contributed by atoms with Gasteiger partial charge in [0.1, 0.15) is 10.6 Å². The van der Waals surface area contributed by atoms with Crippen molar-refractivity contribution in [3.05, 3.63) is 24.3 Å². The normalized spacial score (nSPS) is 13.2. The zero-order valence-corrected chi connectivity index (χ0v) is 12.5. The molecule has 0 bridgehead atoms. The van der Waals surface area contributed by atoms with Gasteiger partial charge in [0.05, 0.1) is 25.6 Å². The molecule has 0 heterocycles. The fourth-order valence-corrected chi connectivity index (χ4v) is 3.27. The SMILES string of the molecule is COCCNCC(O)CS(=O)(=O)c1ccccc1OC. The maximum absolute atomic E-state index is 12.2. The number of benzene rings is 1. The molecule has 1 atom stereocenters. The molecule has 0 spiro atoms. The van der Waals surface area contributed by atoms with E-state index < -0.39 is 15.9 Å². The van der Waals surface area contributed by atoms with Crippen LogP contribution in [0.5, 0.6) is 5.75 Å². The van der Waals surface area contributed by atoms with Crippen molar-refractivity contribution < 1.29 is 23.0 Å². The highest BCUT2D eigenvalue weighted by atomic mass is 32.2. The molecule has 1 unspecified atom stereocenters. The number of ether oxygens (including phenoxy) is 2. The Hall–Kier alpha value is -1.15. The number of nitrogens with one attached hydrogen (secondary N) is 1. The van der Waals surface area contributed by atoms with E-state index in [1.165, 1.54) is 13.2 Å². The van der Waals surface area contributed by atoms with Crippen molar-refractivity contribution in [3.63, 3.8) is 0 Å². The minimum atomic E-state index is -3.59. The molecule has 0 aromatic heterocycles. The van der Waals surface area contributed by atoms with Crippen LogP contribution in [0.15, 0.2) is 29.2 Å². The van der Waals surface area contributed by atoms with Crippen LogP contribution >= 0.6 is 0 Å². The van der Waals surface area contributed by atoms with Crippen LogP contribution in [0.2, 0.25) is 0 Å². The van der Waals surface area contributed by atoms with E-state index in [0.29, 0.717) is 13.2 Å². The number of hydrogen-bond acceptors (Lipinski definition) is 6. The van der Waals surface area contributed by atoms with Gasteiger partial charge in [0.25, 0.3) is 0 Å². The summed E-state index contributed by atoms with van der Waals surface area (Å²) in [5, 5.41) is 12.7. The number of sulfone groups is 1. The molecule has 0 aliphatic rings. The fraction of sp³-hybridized carbons (Fsp3) is 0.538. The van der Waals surface area contributed by atoms with Gasteiger partial charge in [-0.3, -0.25) is 0 Å². The molecular weight excluding hydrogens is 282 g/mol. The van der Waals surface area contributed by atoms with Gasteiger partial charge in [-0.05, 0) is 12.1 Å². The average Bonchev–Trinajstić information content (AvgIpc) is 2.43. The van der Waals surface area contributed by atoms with Crippen molar-refractivity contribution in [2.75, 3.05) is 39.7 Å². The Balaban J connectivity index is 2.65. The predicted molar refractivity (Wildman–Crippen MR) is 75.8 cm³/mol. The van der Waals surface area contributed by atoms with Crippen molar-refractivity contribution in [1.82, 2.24) is 5.32 Å². The Kier molecular flexibility index (Phi) is 6.94. The molecule has 20 heavy (non-hydrogen) atoms. The molecule has 1 rings (SSSR count). The van der Waals surface area contributed by atoms with Crippen molar-refractivity contribution in [2.24, 2.45) is 0 Å². The Bertz CT molecular complexity index is 503. The van der Waals surface area contributed by atoms with E-state index in [1.807, 2.05) is 0 Å². The highest BCUT2D eigenvalue weighted by Crippen LogP contribution is 2.24. The summed E-state index contributed by atoms with van der Waals surface area (Å²) in [4.78, 5) is 0.0958. The second kappa shape index (κ2) is 8.21. The minimum absolute atomic E-state index is 0.0958. The molecule has 0 radical (unpaired) electrons. The van der Waals surface area contributed by atoms with Crippen LogP contribution in [0, 0.1) is 0 Å². The largest absolute Gasteiger partial charge is 0.495 e. The van der Waals surface area contributed by atoms with Crippen LogP contribution in [0.25, 0.3) is 0 Å². The molecule has 0 amide bonds. The molecule has 114 valence electrons. The van der Waals surface area contributed by atoms with Crippen LogP contribution in [0.4, 0.5) is 0 Å². The highest BCUT2D eigenvalue weighted by Gasteiger charge is 2.22. The topological polar surface area (TPSA) is 84.9 Å². The number of rotatable bonds is 9. The molecule has 1 aromatic rings. The molecule has 0 saturated carbocycles. The molecule has 7 heteroatoms. The van der Waals surface area contributed by atoms with Gasteiger partial charge in [-0.25, -0.2) is 8.42 Å². The Morgan fingerprint density at radius 3 is 2.65 bits per heavy atom. The Labute approximate surface area is 119 Å². The lowest BCUT2D eigenvalue weighted by molar-refractivity contribution is 0.174. The van der Waals surface area contributed by atoms with Crippen LogP contribution in [-0.2, 0) is 14.6 Å². The molecule has 2 N–H and O–H groups in total. The summed E-state index contributed by atoms with van der Waals surface area (Å²) in [7, 11) is -0.604. The third-order valence-electron chi connectivity index (χ3n) is 2.68. The third-order valence-corrected chi connectivity index (χ3v) is 4.51. The maximum atomic E-state index is 12.2. The number of methoxy groups -OCH3 is 2. The number of hydrogen-bond donors (Lipinski definition) is 2. The predicted octanol–water partition coefficient (Wildman–Crippen LogP) is 0.0658. The van der Waals surface area contributed by atoms with Crippen LogP contribution in [0.3, 0.4) is 0 Å². The van der Waals surface area contributed by atoms with Gasteiger partial charge < -0.3 is 19.9 Å². The van der Waals surface area contributed by atoms with E-state index in [9.17, 15) is 13.5 Å². The Morgan fingerprint density at radius 1 is 1.30 bits per heavy atom. The smallest absolute Gasteiger partial charge is 0.184 e. The average molecular weight is 303 g/mol. The van der Waals surface area contributed by atoms with Crippen molar-refractivity contribution in [1.29, 1.82) is 0 Å². The quantitative estimate of drug-likeness (QED) is 0.628. The summed E-state index contributed by atoms with van der Waals surface area (Å²) in [6.45, 7) is 1.26. The number of para-hydroxylation sites is 1. The maximum Gasteiger partial charge on any atom is 0.184 e. The lowest BCUT2D eigenvalue weighted by Crippen LogP contribution is -2.34. The van der Waals surface area contributed by atoms with Gasteiger partial charge in [-0.1, -0.05) is 12.1 Å². The summed E-state index contributed by atoms with van der Waals surface area (Å²) in [5.41, 5.74) is 0. The molecule has 0 aliphatic heterocycles. The van der Waals surface area contributed by atoms with Gasteiger partial charge in [0.15, 0.2) is 9.84 Å². The monoisotopic (exact) mass is 303 g/mol. The molecule has 0 fully saturated rings. The standard InChI is InChI=1S/C13H21NO5S/c1-18-8-7-14-9-11(15)10-20(16,17)13-6-4-3-5-12(13)19-2/h3-6,11,14-15H,7-10H2,1-2H3. The number of aliphatic hydroxyl groups is 1. The first-order chi connectivity index (χ1) is 9.51. The van der Waals surface area contributed by atoms with Gasteiger partial charge in [0, 0.05) is 20.2 Å². The van der Waals surface area contributed by atoms with E-state index in [0.717, 1.165) is 0 Å². The van der Waals surface area contributed by atoms with Crippen LogP contribution < -0.4 is 10.1 Å². The van der Waals surface area contributed by atoms with E-state index in [4.69, 9.17) is 9.47 Å². The molecular formula is C13H21NO5S. The molecule has 6 nitrogen and oxygen atoms in total. The second-order valence-corrected chi connectivity index (χ2v) is 6.29. The lowest BCUT2D eigenvalue weighted by Gasteiger charge is -2.14. The number of aliphatic hydroxyl groups excluding tert-OH is 1. The summed E-state index contributed by atoms with van der Waals surface area (Å²) < 4.78 is 34.3. The van der Waals surface area contributed by atoms with Crippen molar-refractivity contribution >= 4 is 9.84 Å². The zero-order chi connectivity index (χ0) is 15.0. The summed E-state index contributed by atoms with van der Waals surface area (Å²) in [6, 6.07) is 6.37. The van der Waals surface area contributed by atoms with Gasteiger partial charge in [-0.2, -0.15) is 0 Å². The molecule has 0 aliphatic carbocycles. The van der Waals surface area contributed by atoms with Crippen molar-refractivity contribution in [3.8, 4) is 5.75 Å². The first-order valence-electron chi connectivity index (χ1n) is 6.24. The minimum Gasteiger partial charge on any atom is -0.495 e. The van der Waals surface area contributed by atoms with Crippen LogP contribution in [-0.4, -0.2) is 59.3 Å². The van der Waals surface area contributed by atoms with Gasteiger partial charge in [0.2, 0.25) is 0 Å². The van der Waals surface area contributed by atoms with E-state index in [1.54, 1.807) is 25.3 Å².